The maximum atomic E-state index is 13.6. The largest absolute Gasteiger partial charge is 0.497 e. The van der Waals surface area contributed by atoms with Gasteiger partial charge in [-0.3, -0.25) is 4.79 Å². The minimum atomic E-state index is -0.566. The summed E-state index contributed by atoms with van der Waals surface area (Å²) in [4.78, 5) is 12.7. The maximum absolute atomic E-state index is 13.6. The van der Waals surface area contributed by atoms with Gasteiger partial charge in [0, 0.05) is 5.41 Å². The maximum Gasteiger partial charge on any atom is 0.257 e. The molecule has 5 nitrogen and oxygen atoms in total. The highest BCUT2D eigenvalue weighted by Gasteiger charge is 2.38. The van der Waals surface area contributed by atoms with E-state index in [0.29, 0.717) is 17.9 Å². The van der Waals surface area contributed by atoms with Crippen molar-refractivity contribution < 1.29 is 23.4 Å². The van der Waals surface area contributed by atoms with Crippen LogP contribution >= 0.6 is 0 Å². The van der Waals surface area contributed by atoms with E-state index in [9.17, 15) is 9.18 Å². The molecule has 0 fully saturated rings. The van der Waals surface area contributed by atoms with Gasteiger partial charge in [-0.2, -0.15) is 0 Å². The Morgan fingerprint density at radius 2 is 1.96 bits per heavy atom. The van der Waals surface area contributed by atoms with Crippen LogP contribution in [0, 0.1) is 11.2 Å². The van der Waals surface area contributed by atoms with Crippen LogP contribution in [0.5, 0.6) is 17.2 Å². The lowest BCUT2D eigenvalue weighted by molar-refractivity contribution is 0.0244. The van der Waals surface area contributed by atoms with E-state index < -0.39 is 18.0 Å². The fraction of sp³-hybridized carbons (Fsp3) is 0.350. The van der Waals surface area contributed by atoms with Crippen molar-refractivity contribution in [2.75, 3.05) is 14.2 Å². The topological polar surface area (TPSA) is 56.8 Å². The first-order valence-corrected chi connectivity index (χ1v) is 8.32. The van der Waals surface area contributed by atoms with E-state index in [1.165, 1.54) is 19.2 Å². The zero-order valence-corrected chi connectivity index (χ0v) is 15.3. The van der Waals surface area contributed by atoms with E-state index in [0.717, 1.165) is 17.4 Å². The number of methoxy groups -OCH3 is 2. The Bertz CT molecular complexity index is 835. The van der Waals surface area contributed by atoms with Gasteiger partial charge in [0.25, 0.3) is 5.91 Å². The molecule has 1 atom stereocenters. The first kappa shape index (κ1) is 18.0. The summed E-state index contributed by atoms with van der Waals surface area (Å²) >= 11 is 0. The van der Waals surface area contributed by atoms with Crippen LogP contribution in [-0.2, 0) is 6.42 Å². The molecule has 0 saturated heterocycles. The first-order chi connectivity index (χ1) is 12.3. The lowest BCUT2D eigenvalue weighted by Crippen LogP contribution is -2.52. The van der Waals surface area contributed by atoms with Crippen molar-refractivity contribution in [3.05, 3.63) is 53.3 Å². The van der Waals surface area contributed by atoms with Crippen LogP contribution in [0.4, 0.5) is 4.39 Å². The van der Waals surface area contributed by atoms with E-state index in [2.05, 4.69) is 5.32 Å². The molecule has 2 aromatic rings. The summed E-state index contributed by atoms with van der Waals surface area (Å²) in [5, 5.41) is 2.86. The van der Waals surface area contributed by atoms with Gasteiger partial charge >= 0.3 is 0 Å². The molecule has 26 heavy (non-hydrogen) atoms. The molecule has 0 saturated carbocycles. The zero-order valence-electron chi connectivity index (χ0n) is 15.3. The third kappa shape index (κ3) is 3.45. The van der Waals surface area contributed by atoms with Crippen LogP contribution in [0.1, 0.15) is 29.8 Å². The number of ether oxygens (including phenoxy) is 3. The summed E-state index contributed by atoms with van der Waals surface area (Å²) < 4.78 is 30.0. The standard InChI is InChI=1S/C20H22FNO4/c1-20(2)11-12-9-14(24-3)6-8-16(12)26-19(20)22-18(23)15-10-13(21)5-7-17(15)25-4/h5-10,19H,11H2,1-4H3,(H,22,23). The second-order valence-electron chi connectivity index (χ2n) is 6.95. The van der Waals surface area contributed by atoms with Crippen molar-refractivity contribution in [1.29, 1.82) is 0 Å². The number of amides is 1. The normalized spacial score (nSPS) is 17.7. The Kier molecular flexibility index (Phi) is 4.76. The summed E-state index contributed by atoms with van der Waals surface area (Å²) in [5.41, 5.74) is 0.783. The summed E-state index contributed by atoms with van der Waals surface area (Å²) in [5.74, 6) is 0.813. The number of carbonyl (C=O) groups excluding carboxylic acids is 1. The molecule has 0 bridgehead atoms. The van der Waals surface area contributed by atoms with Gasteiger partial charge in [0.2, 0.25) is 0 Å². The van der Waals surface area contributed by atoms with Crippen LogP contribution in [0.15, 0.2) is 36.4 Å². The Balaban J connectivity index is 1.85. The molecular weight excluding hydrogens is 337 g/mol. The van der Waals surface area contributed by atoms with Gasteiger partial charge in [0.05, 0.1) is 19.8 Å². The van der Waals surface area contributed by atoms with Gasteiger partial charge in [-0.15, -0.1) is 0 Å². The number of nitrogens with one attached hydrogen (secondary N) is 1. The lowest BCUT2D eigenvalue weighted by Gasteiger charge is -2.40. The number of benzene rings is 2. The molecule has 0 aromatic heterocycles. The molecule has 138 valence electrons. The van der Waals surface area contributed by atoms with E-state index in [1.807, 2.05) is 32.0 Å². The van der Waals surface area contributed by atoms with Gasteiger partial charge in [-0.25, -0.2) is 4.39 Å². The van der Waals surface area contributed by atoms with Crippen LogP contribution in [0.25, 0.3) is 0 Å². The highest BCUT2D eigenvalue weighted by molar-refractivity contribution is 5.97. The second kappa shape index (κ2) is 6.86. The minimum absolute atomic E-state index is 0.132. The number of rotatable bonds is 4. The number of hydrogen-bond acceptors (Lipinski definition) is 4. The molecule has 0 spiro atoms. The van der Waals surface area contributed by atoms with Crippen molar-refractivity contribution in [3.63, 3.8) is 0 Å². The van der Waals surface area contributed by atoms with Crippen molar-refractivity contribution in [2.24, 2.45) is 5.41 Å². The minimum Gasteiger partial charge on any atom is -0.497 e. The zero-order chi connectivity index (χ0) is 18.9. The average molecular weight is 359 g/mol. The van der Waals surface area contributed by atoms with Crippen LogP contribution in [-0.4, -0.2) is 26.4 Å². The monoisotopic (exact) mass is 359 g/mol. The Labute approximate surface area is 152 Å². The van der Waals surface area contributed by atoms with E-state index in [1.54, 1.807) is 7.11 Å². The average Bonchev–Trinajstić information content (AvgIpc) is 2.61. The molecule has 0 aliphatic carbocycles. The SMILES string of the molecule is COc1ccc2c(c1)CC(C)(C)C(NC(=O)c1cc(F)ccc1OC)O2. The van der Waals surface area contributed by atoms with Crippen molar-refractivity contribution >= 4 is 5.91 Å². The predicted octanol–water partition coefficient (Wildman–Crippen LogP) is 3.56. The molecule has 3 rings (SSSR count). The number of carbonyl (C=O) groups is 1. The van der Waals surface area contributed by atoms with Crippen LogP contribution < -0.4 is 19.5 Å². The van der Waals surface area contributed by atoms with Crippen LogP contribution in [0.2, 0.25) is 0 Å². The molecule has 1 amide bonds. The number of hydrogen-bond donors (Lipinski definition) is 1. The molecule has 1 heterocycles. The Morgan fingerprint density at radius 3 is 2.65 bits per heavy atom. The fourth-order valence-corrected chi connectivity index (χ4v) is 3.09. The van der Waals surface area contributed by atoms with Gasteiger partial charge in [-0.05, 0) is 48.4 Å². The number of fused-ring (bicyclic) bond motifs is 1. The van der Waals surface area contributed by atoms with Gasteiger partial charge in [0.1, 0.15) is 23.1 Å². The summed E-state index contributed by atoms with van der Waals surface area (Å²) in [7, 11) is 3.06. The van der Waals surface area contributed by atoms with E-state index >= 15 is 0 Å². The molecule has 2 aromatic carbocycles. The number of halogens is 1. The van der Waals surface area contributed by atoms with Gasteiger partial charge in [-0.1, -0.05) is 13.8 Å². The highest BCUT2D eigenvalue weighted by Crippen LogP contribution is 2.39. The molecule has 1 N–H and O–H groups in total. The first-order valence-electron chi connectivity index (χ1n) is 8.32. The highest BCUT2D eigenvalue weighted by atomic mass is 19.1. The lowest BCUT2D eigenvalue weighted by atomic mass is 9.81. The molecule has 1 aliphatic heterocycles. The molecular formula is C20H22FNO4. The summed E-state index contributed by atoms with van der Waals surface area (Å²) in [6.45, 7) is 4.01. The third-order valence-electron chi connectivity index (χ3n) is 4.54. The van der Waals surface area contributed by atoms with Gasteiger partial charge < -0.3 is 19.5 Å². The summed E-state index contributed by atoms with van der Waals surface area (Å²) in [6.07, 6.45) is 0.133. The van der Waals surface area contributed by atoms with Crippen molar-refractivity contribution in [2.45, 2.75) is 26.5 Å². The van der Waals surface area contributed by atoms with E-state index in [4.69, 9.17) is 14.2 Å². The van der Waals surface area contributed by atoms with E-state index in [-0.39, 0.29) is 11.0 Å². The Morgan fingerprint density at radius 1 is 1.19 bits per heavy atom. The smallest absolute Gasteiger partial charge is 0.257 e. The van der Waals surface area contributed by atoms with Crippen LogP contribution in [0.3, 0.4) is 0 Å². The summed E-state index contributed by atoms with van der Waals surface area (Å²) in [6, 6.07) is 9.41. The second-order valence-corrected chi connectivity index (χ2v) is 6.95. The molecule has 6 heteroatoms. The molecule has 1 unspecified atom stereocenters. The fourth-order valence-electron chi connectivity index (χ4n) is 3.09. The quantitative estimate of drug-likeness (QED) is 0.907. The predicted molar refractivity (Wildman–Crippen MR) is 95.3 cm³/mol. The Hall–Kier alpha value is -2.76. The molecule has 0 radical (unpaired) electrons. The van der Waals surface area contributed by atoms with Crippen molar-refractivity contribution in [1.82, 2.24) is 5.32 Å². The third-order valence-corrected chi connectivity index (χ3v) is 4.54. The van der Waals surface area contributed by atoms with Crippen molar-refractivity contribution in [3.8, 4) is 17.2 Å². The van der Waals surface area contributed by atoms with Gasteiger partial charge in [0.15, 0.2) is 6.23 Å². The molecule has 1 aliphatic rings.